The van der Waals surface area contributed by atoms with Crippen LogP contribution in [0.5, 0.6) is 0 Å². The quantitative estimate of drug-likeness (QED) is 0.821. The third-order valence-electron chi connectivity index (χ3n) is 5.14. The third-order valence-corrected chi connectivity index (χ3v) is 5.14. The lowest BCUT2D eigenvalue weighted by atomic mass is 9.83. The fourth-order valence-electron chi connectivity index (χ4n) is 4.19. The predicted octanol–water partition coefficient (Wildman–Crippen LogP) is 0.871. The van der Waals surface area contributed by atoms with Crippen LogP contribution in [0.3, 0.4) is 0 Å². The first-order valence-corrected chi connectivity index (χ1v) is 8.34. The second-order valence-corrected chi connectivity index (χ2v) is 6.90. The first kappa shape index (κ1) is 15.5. The van der Waals surface area contributed by atoms with E-state index >= 15 is 0 Å². The summed E-state index contributed by atoms with van der Waals surface area (Å²) in [6.45, 7) is 3.41. The lowest BCUT2D eigenvalue weighted by Gasteiger charge is -2.42. The summed E-state index contributed by atoms with van der Waals surface area (Å²) >= 11 is 0. The molecule has 3 atom stereocenters. The van der Waals surface area contributed by atoms with Gasteiger partial charge in [-0.3, -0.25) is 9.69 Å². The SMILES string of the molecule is O=c1cccc2n1C[C@H]1C[C@@H]2CN(Cc2cccc([NH+]([O-])O)c2)C1. The number of nitrogens with zero attached hydrogens (tertiary/aromatic N) is 2. The second kappa shape index (κ2) is 6.14. The van der Waals surface area contributed by atoms with Crippen LogP contribution < -0.4 is 10.8 Å². The Morgan fingerprint density at radius 3 is 2.83 bits per heavy atom. The number of rotatable bonds is 3. The number of hydrogen-bond donors (Lipinski definition) is 2. The standard InChI is InChI=1S/C18H21N3O3/c22-18-6-2-5-17-15-7-14(11-20(17)18)10-19(12-15)9-13-3-1-4-16(8-13)21(23)24/h1-6,8,14-15,21,23H,7,9-12H2/t14-,15+/m0/s1. The summed E-state index contributed by atoms with van der Waals surface area (Å²) in [7, 11) is 0. The van der Waals surface area contributed by atoms with E-state index in [0.29, 0.717) is 17.5 Å². The fraction of sp³-hybridized carbons (Fsp3) is 0.389. The summed E-state index contributed by atoms with van der Waals surface area (Å²) in [5.74, 6) is 0.869. The van der Waals surface area contributed by atoms with E-state index in [1.165, 1.54) is 0 Å². The maximum absolute atomic E-state index is 12.1. The number of hydrogen-bond acceptors (Lipinski definition) is 4. The van der Waals surface area contributed by atoms with Gasteiger partial charge < -0.3 is 9.77 Å². The molecular formula is C18H21N3O3. The Kier molecular flexibility index (Phi) is 3.97. The van der Waals surface area contributed by atoms with Crippen molar-refractivity contribution in [2.75, 3.05) is 13.1 Å². The van der Waals surface area contributed by atoms with Crippen molar-refractivity contribution < 1.29 is 10.4 Å². The Morgan fingerprint density at radius 1 is 1.17 bits per heavy atom. The predicted molar refractivity (Wildman–Crippen MR) is 89.0 cm³/mol. The molecule has 1 unspecified atom stereocenters. The highest BCUT2D eigenvalue weighted by Gasteiger charge is 2.34. The molecule has 6 nitrogen and oxygen atoms in total. The molecule has 2 aliphatic heterocycles. The molecule has 2 aliphatic rings. The topological polar surface area (TPSA) is 73.0 Å². The number of likely N-dealkylation sites (tertiary alicyclic amines) is 1. The zero-order chi connectivity index (χ0) is 16.7. The molecule has 0 saturated carbocycles. The van der Waals surface area contributed by atoms with E-state index in [1.807, 2.05) is 16.7 Å². The maximum Gasteiger partial charge on any atom is 0.250 e. The Labute approximate surface area is 140 Å². The van der Waals surface area contributed by atoms with Crippen molar-refractivity contribution in [1.29, 1.82) is 0 Å². The molecule has 1 aromatic carbocycles. The number of benzene rings is 1. The van der Waals surface area contributed by atoms with Gasteiger partial charge in [0.25, 0.3) is 5.56 Å². The van der Waals surface area contributed by atoms with Crippen molar-refractivity contribution in [3.8, 4) is 0 Å². The average Bonchev–Trinajstić information content (AvgIpc) is 2.56. The van der Waals surface area contributed by atoms with Gasteiger partial charge in [0, 0.05) is 56.0 Å². The summed E-state index contributed by atoms with van der Waals surface area (Å²) in [5, 5.41) is 19.4. The van der Waals surface area contributed by atoms with Gasteiger partial charge in [-0.05, 0) is 24.0 Å². The van der Waals surface area contributed by atoms with Gasteiger partial charge in [-0.25, -0.2) is 5.21 Å². The molecule has 3 heterocycles. The number of nitrogens with one attached hydrogen (secondary N) is 1. The van der Waals surface area contributed by atoms with E-state index in [4.69, 9.17) is 5.21 Å². The number of piperidine rings is 1. The molecule has 0 amide bonds. The van der Waals surface area contributed by atoms with Crippen LogP contribution in [-0.4, -0.2) is 27.8 Å². The van der Waals surface area contributed by atoms with Gasteiger partial charge >= 0.3 is 0 Å². The summed E-state index contributed by atoms with van der Waals surface area (Å²) in [4.78, 5) is 14.5. The Hall–Kier alpha value is -1.99. The summed E-state index contributed by atoms with van der Waals surface area (Å²) in [6.07, 6.45) is 1.13. The number of pyridine rings is 1. The van der Waals surface area contributed by atoms with Gasteiger partial charge in [-0.15, -0.1) is 0 Å². The normalized spacial score (nSPS) is 24.4. The van der Waals surface area contributed by atoms with Crippen molar-refractivity contribution in [2.45, 2.75) is 25.4 Å². The largest absolute Gasteiger partial charge is 0.595 e. The lowest BCUT2D eigenvalue weighted by Crippen LogP contribution is -2.99. The second-order valence-electron chi connectivity index (χ2n) is 6.90. The number of fused-ring (bicyclic) bond motifs is 4. The van der Waals surface area contributed by atoms with E-state index in [-0.39, 0.29) is 5.56 Å². The molecule has 6 heteroatoms. The Morgan fingerprint density at radius 2 is 2.00 bits per heavy atom. The van der Waals surface area contributed by atoms with Crippen molar-refractivity contribution in [1.82, 2.24) is 9.47 Å². The zero-order valence-electron chi connectivity index (χ0n) is 13.4. The minimum absolute atomic E-state index is 0.102. The Bertz CT molecular complexity index is 802. The molecule has 2 bridgehead atoms. The van der Waals surface area contributed by atoms with E-state index in [1.54, 1.807) is 24.3 Å². The first-order valence-electron chi connectivity index (χ1n) is 8.34. The van der Waals surface area contributed by atoms with Gasteiger partial charge in [0.15, 0.2) is 5.69 Å². The molecule has 24 heavy (non-hydrogen) atoms. The zero-order valence-corrected chi connectivity index (χ0v) is 13.4. The van der Waals surface area contributed by atoms with Gasteiger partial charge in [0.1, 0.15) is 0 Å². The summed E-state index contributed by atoms with van der Waals surface area (Å²) < 4.78 is 1.93. The van der Waals surface area contributed by atoms with E-state index < -0.39 is 5.23 Å². The fourth-order valence-corrected chi connectivity index (χ4v) is 4.19. The molecule has 4 rings (SSSR count). The van der Waals surface area contributed by atoms with Crippen LogP contribution in [0.25, 0.3) is 0 Å². The highest BCUT2D eigenvalue weighted by atomic mass is 16.8. The van der Waals surface area contributed by atoms with Crippen LogP contribution in [0.15, 0.2) is 47.3 Å². The van der Waals surface area contributed by atoms with Crippen LogP contribution in [0.1, 0.15) is 23.6 Å². The van der Waals surface area contributed by atoms with E-state index in [9.17, 15) is 10.0 Å². The molecule has 1 aromatic heterocycles. The van der Waals surface area contributed by atoms with Crippen molar-refractivity contribution in [3.63, 3.8) is 0 Å². The molecule has 1 fully saturated rings. The summed E-state index contributed by atoms with van der Waals surface area (Å²) in [5.41, 5.74) is 2.61. The highest BCUT2D eigenvalue weighted by Crippen LogP contribution is 2.35. The van der Waals surface area contributed by atoms with Crippen LogP contribution in [0.4, 0.5) is 5.69 Å². The molecule has 2 N–H and O–H groups in total. The van der Waals surface area contributed by atoms with Crippen LogP contribution in [0, 0.1) is 11.1 Å². The van der Waals surface area contributed by atoms with Crippen LogP contribution in [-0.2, 0) is 13.1 Å². The first-order chi connectivity index (χ1) is 11.6. The average molecular weight is 327 g/mol. The van der Waals surface area contributed by atoms with Crippen LogP contribution in [0.2, 0.25) is 0 Å². The third kappa shape index (κ3) is 2.89. The Balaban J connectivity index is 1.54. The van der Waals surface area contributed by atoms with Gasteiger partial charge in [0.05, 0.1) is 0 Å². The van der Waals surface area contributed by atoms with Crippen molar-refractivity contribution >= 4 is 5.69 Å². The highest BCUT2D eigenvalue weighted by molar-refractivity contribution is 5.33. The van der Waals surface area contributed by atoms with Gasteiger partial charge in [0.2, 0.25) is 0 Å². The lowest BCUT2D eigenvalue weighted by molar-refractivity contribution is -0.991. The molecule has 126 valence electrons. The summed E-state index contributed by atoms with van der Waals surface area (Å²) in [6, 6.07) is 12.7. The van der Waals surface area contributed by atoms with E-state index in [0.717, 1.165) is 43.9 Å². The molecule has 2 aromatic rings. The molecule has 0 aliphatic carbocycles. The molecule has 0 spiro atoms. The maximum atomic E-state index is 12.1. The smallest absolute Gasteiger partial charge is 0.250 e. The van der Waals surface area contributed by atoms with Crippen LogP contribution >= 0.6 is 0 Å². The number of aromatic nitrogens is 1. The van der Waals surface area contributed by atoms with E-state index in [2.05, 4.69) is 11.0 Å². The molecule has 1 saturated heterocycles. The van der Waals surface area contributed by atoms with Crippen molar-refractivity contribution in [3.05, 3.63) is 69.3 Å². The minimum atomic E-state index is -0.888. The van der Waals surface area contributed by atoms with Crippen molar-refractivity contribution in [2.24, 2.45) is 5.92 Å². The van der Waals surface area contributed by atoms with Gasteiger partial charge in [-0.2, -0.15) is 5.23 Å². The number of quaternary nitrogens is 1. The molecular weight excluding hydrogens is 306 g/mol. The monoisotopic (exact) mass is 327 g/mol. The van der Waals surface area contributed by atoms with Gasteiger partial charge in [-0.1, -0.05) is 18.2 Å². The molecule has 0 radical (unpaired) electrons. The minimum Gasteiger partial charge on any atom is -0.595 e.